The van der Waals surface area contributed by atoms with Gasteiger partial charge in [-0.05, 0) is 18.9 Å². The van der Waals surface area contributed by atoms with E-state index in [1.165, 1.54) is 0 Å². The van der Waals surface area contributed by atoms with Crippen molar-refractivity contribution in [2.75, 3.05) is 18.9 Å². The van der Waals surface area contributed by atoms with Crippen LogP contribution in [0.4, 0.5) is 5.69 Å². The smallest absolute Gasteiger partial charge is 0.355 e. The second-order valence-corrected chi connectivity index (χ2v) is 4.01. The number of esters is 1. The first kappa shape index (κ1) is 11.0. The largest absolute Gasteiger partial charge is 0.455 e. The molecular formula is C11H16N2O3. The average Bonchev–Trinajstić information content (AvgIpc) is 2.59. The lowest BCUT2D eigenvalue weighted by Gasteiger charge is -2.22. The van der Waals surface area contributed by atoms with Crippen LogP contribution in [-0.4, -0.2) is 29.9 Å². The van der Waals surface area contributed by atoms with E-state index in [9.17, 15) is 4.79 Å². The average molecular weight is 224 g/mol. The molecule has 0 spiro atoms. The molecule has 1 aromatic heterocycles. The predicted molar refractivity (Wildman–Crippen MR) is 59.1 cm³/mol. The third-order valence-electron chi connectivity index (χ3n) is 2.63. The summed E-state index contributed by atoms with van der Waals surface area (Å²) in [6, 6.07) is 1.62. The second-order valence-electron chi connectivity index (χ2n) is 4.01. The highest BCUT2D eigenvalue weighted by atomic mass is 16.6. The van der Waals surface area contributed by atoms with Crippen LogP contribution in [0.2, 0.25) is 0 Å². The Kier molecular flexibility index (Phi) is 3.14. The zero-order valence-electron chi connectivity index (χ0n) is 9.31. The summed E-state index contributed by atoms with van der Waals surface area (Å²) >= 11 is 0. The van der Waals surface area contributed by atoms with Crippen LogP contribution in [0.15, 0.2) is 12.3 Å². The van der Waals surface area contributed by atoms with Crippen molar-refractivity contribution in [2.45, 2.75) is 18.9 Å². The fourth-order valence-electron chi connectivity index (χ4n) is 1.81. The summed E-state index contributed by atoms with van der Waals surface area (Å²) in [5.74, 6) is -0.338. The Morgan fingerprint density at radius 1 is 1.69 bits per heavy atom. The molecule has 1 saturated heterocycles. The lowest BCUT2D eigenvalue weighted by atomic mass is 10.2. The molecule has 1 aromatic rings. The van der Waals surface area contributed by atoms with Crippen molar-refractivity contribution < 1.29 is 14.3 Å². The molecule has 88 valence electrons. The highest BCUT2D eigenvalue weighted by molar-refractivity contribution is 5.89. The lowest BCUT2D eigenvalue weighted by molar-refractivity contribution is -0.0311. The topological polar surface area (TPSA) is 66.5 Å². The summed E-state index contributed by atoms with van der Waals surface area (Å²) < 4.78 is 12.2. The molecule has 0 bridgehead atoms. The summed E-state index contributed by atoms with van der Waals surface area (Å²) in [6.45, 7) is 1.25. The summed E-state index contributed by atoms with van der Waals surface area (Å²) in [7, 11) is 1.77. The van der Waals surface area contributed by atoms with E-state index in [2.05, 4.69) is 0 Å². The van der Waals surface area contributed by atoms with Gasteiger partial charge in [-0.15, -0.1) is 0 Å². The van der Waals surface area contributed by atoms with Gasteiger partial charge in [0, 0.05) is 19.9 Å². The maximum atomic E-state index is 11.8. The van der Waals surface area contributed by atoms with Crippen LogP contribution in [0, 0.1) is 0 Å². The number of carbonyl (C=O) groups is 1. The van der Waals surface area contributed by atoms with E-state index < -0.39 is 0 Å². The summed E-state index contributed by atoms with van der Waals surface area (Å²) in [5.41, 5.74) is 6.64. The van der Waals surface area contributed by atoms with Crippen molar-refractivity contribution in [2.24, 2.45) is 7.05 Å². The number of rotatable bonds is 2. The number of nitrogens with zero attached hydrogens (tertiary/aromatic N) is 1. The quantitative estimate of drug-likeness (QED) is 0.759. The number of aryl methyl sites for hydroxylation is 1. The summed E-state index contributed by atoms with van der Waals surface area (Å²) in [5, 5.41) is 0. The number of hydrogen-bond acceptors (Lipinski definition) is 4. The molecule has 16 heavy (non-hydrogen) atoms. The van der Waals surface area contributed by atoms with Gasteiger partial charge in [0.2, 0.25) is 0 Å². The number of nitrogen functional groups attached to an aromatic ring is 1. The number of carbonyl (C=O) groups excluding carboxylic acids is 1. The van der Waals surface area contributed by atoms with Crippen LogP contribution in [0.1, 0.15) is 23.3 Å². The number of hydrogen-bond donors (Lipinski definition) is 1. The van der Waals surface area contributed by atoms with E-state index >= 15 is 0 Å². The van der Waals surface area contributed by atoms with E-state index in [0.29, 0.717) is 18.0 Å². The van der Waals surface area contributed by atoms with Crippen molar-refractivity contribution >= 4 is 11.7 Å². The Morgan fingerprint density at radius 2 is 2.50 bits per heavy atom. The van der Waals surface area contributed by atoms with Crippen molar-refractivity contribution in [3.8, 4) is 0 Å². The molecule has 2 heterocycles. The molecule has 0 aromatic carbocycles. The first-order chi connectivity index (χ1) is 7.66. The number of aromatic nitrogens is 1. The molecule has 0 saturated carbocycles. The maximum absolute atomic E-state index is 11.8. The van der Waals surface area contributed by atoms with Gasteiger partial charge in [0.05, 0.1) is 12.3 Å². The van der Waals surface area contributed by atoms with Gasteiger partial charge >= 0.3 is 5.97 Å². The maximum Gasteiger partial charge on any atom is 0.355 e. The van der Waals surface area contributed by atoms with Crippen LogP contribution >= 0.6 is 0 Å². The Labute approximate surface area is 94.1 Å². The zero-order chi connectivity index (χ0) is 11.5. The standard InChI is InChI=1S/C11H16N2O3/c1-13-6-8(12)5-10(13)11(14)16-9-3-2-4-15-7-9/h5-6,9H,2-4,7,12H2,1H3. The van der Waals surface area contributed by atoms with Crippen molar-refractivity contribution in [1.29, 1.82) is 0 Å². The van der Waals surface area contributed by atoms with Crippen molar-refractivity contribution in [3.05, 3.63) is 18.0 Å². The summed E-state index contributed by atoms with van der Waals surface area (Å²) in [4.78, 5) is 11.8. The van der Waals surface area contributed by atoms with Gasteiger partial charge in [-0.25, -0.2) is 4.79 Å². The van der Waals surface area contributed by atoms with Gasteiger partial charge in [-0.3, -0.25) is 0 Å². The minimum atomic E-state index is -0.338. The Balaban J connectivity index is 1.99. The van der Waals surface area contributed by atoms with E-state index in [0.717, 1.165) is 19.4 Å². The van der Waals surface area contributed by atoms with Gasteiger partial charge in [0.25, 0.3) is 0 Å². The van der Waals surface area contributed by atoms with Crippen molar-refractivity contribution in [1.82, 2.24) is 4.57 Å². The second kappa shape index (κ2) is 4.57. The molecule has 0 amide bonds. The van der Waals surface area contributed by atoms with Crippen molar-refractivity contribution in [3.63, 3.8) is 0 Å². The lowest BCUT2D eigenvalue weighted by Crippen LogP contribution is -2.28. The van der Waals surface area contributed by atoms with Gasteiger partial charge in [-0.1, -0.05) is 0 Å². The normalized spacial score (nSPS) is 20.7. The number of nitrogens with two attached hydrogens (primary N) is 1. The monoisotopic (exact) mass is 224 g/mol. The molecule has 1 atom stereocenters. The SMILES string of the molecule is Cn1cc(N)cc1C(=O)OC1CCCOC1. The molecule has 0 aliphatic carbocycles. The highest BCUT2D eigenvalue weighted by Crippen LogP contribution is 2.15. The predicted octanol–water partition coefficient (Wildman–Crippen LogP) is 0.943. The van der Waals surface area contributed by atoms with E-state index in [1.807, 2.05) is 0 Å². The minimum Gasteiger partial charge on any atom is -0.455 e. The van der Waals surface area contributed by atoms with E-state index in [1.54, 1.807) is 23.9 Å². The molecule has 2 N–H and O–H groups in total. The third-order valence-corrected chi connectivity index (χ3v) is 2.63. The third kappa shape index (κ3) is 2.36. The fourth-order valence-corrected chi connectivity index (χ4v) is 1.81. The number of anilines is 1. The molecule has 1 fully saturated rings. The van der Waals surface area contributed by atoms with E-state index in [4.69, 9.17) is 15.2 Å². The van der Waals surface area contributed by atoms with Gasteiger partial charge < -0.3 is 19.8 Å². The summed E-state index contributed by atoms with van der Waals surface area (Å²) in [6.07, 6.45) is 3.37. The van der Waals surface area contributed by atoms with E-state index in [-0.39, 0.29) is 12.1 Å². The van der Waals surface area contributed by atoms with Crippen LogP contribution in [0.25, 0.3) is 0 Å². The van der Waals surface area contributed by atoms with Gasteiger partial charge in [-0.2, -0.15) is 0 Å². The van der Waals surface area contributed by atoms with Crippen LogP contribution in [0.3, 0.4) is 0 Å². The molecule has 0 radical (unpaired) electrons. The molecule has 1 unspecified atom stereocenters. The van der Waals surface area contributed by atoms with Gasteiger partial charge in [0.1, 0.15) is 11.8 Å². The molecule has 5 heteroatoms. The Hall–Kier alpha value is -1.49. The minimum absolute atomic E-state index is 0.127. The Morgan fingerprint density at radius 3 is 3.06 bits per heavy atom. The zero-order valence-corrected chi connectivity index (χ0v) is 9.31. The Bertz CT molecular complexity index is 381. The van der Waals surface area contributed by atoms with Gasteiger partial charge in [0.15, 0.2) is 0 Å². The fraction of sp³-hybridized carbons (Fsp3) is 0.545. The van der Waals surface area contributed by atoms with Crippen LogP contribution < -0.4 is 5.73 Å². The van der Waals surface area contributed by atoms with Crippen LogP contribution in [0.5, 0.6) is 0 Å². The molecule has 5 nitrogen and oxygen atoms in total. The first-order valence-corrected chi connectivity index (χ1v) is 5.37. The van der Waals surface area contributed by atoms with Crippen LogP contribution in [-0.2, 0) is 16.5 Å². The molecule has 1 aliphatic heterocycles. The molecule has 1 aliphatic rings. The number of ether oxygens (including phenoxy) is 2. The molecule has 2 rings (SSSR count). The molecular weight excluding hydrogens is 208 g/mol. The highest BCUT2D eigenvalue weighted by Gasteiger charge is 2.20. The first-order valence-electron chi connectivity index (χ1n) is 5.37.